The first-order valence-electron chi connectivity index (χ1n) is 11.4. The third-order valence-electron chi connectivity index (χ3n) is 5.96. The molecular weight excluding hydrogens is 559 g/mol. The molecule has 3 unspecified atom stereocenters. The zero-order valence-corrected chi connectivity index (χ0v) is 22.8. The van der Waals surface area contributed by atoms with Crippen LogP contribution in [0.25, 0.3) is 0 Å². The summed E-state index contributed by atoms with van der Waals surface area (Å²) in [6, 6.07) is 17.6. The van der Waals surface area contributed by atoms with Crippen LogP contribution < -0.4 is 5.32 Å². The van der Waals surface area contributed by atoms with Crippen LogP contribution in [-0.4, -0.2) is 33.9 Å². The quantitative estimate of drug-likeness (QED) is 0.207. The number of alkyl halides is 1. The molecule has 1 heterocycles. The molecule has 3 atom stereocenters. The Bertz CT molecular complexity index is 1260. The number of benzene rings is 3. The first-order chi connectivity index (χ1) is 17.7. The summed E-state index contributed by atoms with van der Waals surface area (Å²) in [6.07, 6.45) is 3.08. The van der Waals surface area contributed by atoms with E-state index in [4.69, 9.17) is 51.1 Å². The summed E-state index contributed by atoms with van der Waals surface area (Å²) in [5.41, 5.74) is 1.52. The molecule has 0 saturated heterocycles. The first-order valence-corrected chi connectivity index (χ1v) is 13.0. The van der Waals surface area contributed by atoms with Crippen LogP contribution in [0, 0.1) is 5.82 Å². The van der Waals surface area contributed by atoms with Gasteiger partial charge in [0.25, 0.3) is 0 Å². The number of nitrogens with one attached hydrogen (secondary N) is 1. The predicted molar refractivity (Wildman–Crippen MR) is 147 cm³/mol. The van der Waals surface area contributed by atoms with Crippen LogP contribution in [0.3, 0.4) is 0 Å². The summed E-state index contributed by atoms with van der Waals surface area (Å²) in [6.45, 7) is 2.36. The van der Waals surface area contributed by atoms with Gasteiger partial charge < -0.3 is 19.9 Å². The fraction of sp³-hybridized carbons (Fsp3) is 0.222. The lowest BCUT2D eigenvalue weighted by molar-refractivity contribution is -0.120. The topological polar surface area (TPSA) is 44.8 Å². The van der Waals surface area contributed by atoms with Crippen LogP contribution in [0.5, 0.6) is 0 Å². The fourth-order valence-corrected chi connectivity index (χ4v) is 4.71. The highest BCUT2D eigenvalue weighted by Gasteiger charge is 2.32. The standard InChI is InChI=1S/C27H24Cl4FN3O2/c1-17(27(36)33-23-10-8-22(32)9-11-23)34-12-13-35(16-34)26(31)25(18-2-5-20(28)6-3-18)37-15-19-4-7-21(29)14-24(19)30/h2-14,17,25-26H,15-16H2,1H3,(H,33,36). The van der Waals surface area contributed by atoms with Gasteiger partial charge in [0.2, 0.25) is 5.91 Å². The van der Waals surface area contributed by atoms with E-state index in [9.17, 15) is 9.18 Å². The van der Waals surface area contributed by atoms with Gasteiger partial charge in [0, 0.05) is 33.2 Å². The van der Waals surface area contributed by atoms with Gasteiger partial charge in [-0.1, -0.05) is 64.6 Å². The van der Waals surface area contributed by atoms with E-state index in [0.29, 0.717) is 27.4 Å². The van der Waals surface area contributed by atoms with Crippen molar-refractivity contribution in [3.63, 3.8) is 0 Å². The smallest absolute Gasteiger partial charge is 0.246 e. The first kappa shape index (κ1) is 27.6. The molecule has 3 aromatic rings. The van der Waals surface area contributed by atoms with Gasteiger partial charge in [-0.2, -0.15) is 0 Å². The van der Waals surface area contributed by atoms with Crippen LogP contribution in [0.1, 0.15) is 24.2 Å². The van der Waals surface area contributed by atoms with Crippen molar-refractivity contribution in [1.82, 2.24) is 9.80 Å². The Balaban J connectivity index is 1.44. The summed E-state index contributed by atoms with van der Waals surface area (Å²) in [7, 11) is 0. The zero-order valence-electron chi connectivity index (χ0n) is 19.8. The second-order valence-electron chi connectivity index (χ2n) is 8.53. The Kier molecular flexibility index (Phi) is 9.22. The molecule has 0 spiro atoms. The molecule has 37 heavy (non-hydrogen) atoms. The maximum atomic E-state index is 13.2. The van der Waals surface area contributed by atoms with Crippen molar-refractivity contribution >= 4 is 58.0 Å². The minimum absolute atomic E-state index is 0.213. The maximum absolute atomic E-state index is 13.2. The van der Waals surface area contributed by atoms with Crippen molar-refractivity contribution in [3.8, 4) is 0 Å². The van der Waals surface area contributed by atoms with Crippen molar-refractivity contribution in [3.05, 3.63) is 111 Å². The van der Waals surface area contributed by atoms with Gasteiger partial charge in [0.15, 0.2) is 0 Å². The van der Waals surface area contributed by atoms with E-state index in [1.165, 1.54) is 24.3 Å². The molecule has 194 valence electrons. The van der Waals surface area contributed by atoms with E-state index in [-0.39, 0.29) is 18.3 Å². The number of ether oxygens (including phenoxy) is 1. The van der Waals surface area contributed by atoms with Gasteiger partial charge in [-0.05, 0) is 66.6 Å². The Morgan fingerprint density at radius 2 is 1.62 bits per heavy atom. The average molecular weight is 583 g/mol. The van der Waals surface area contributed by atoms with E-state index in [1.54, 1.807) is 37.4 Å². The molecular formula is C27H24Cl4FN3O2. The Morgan fingerprint density at radius 1 is 0.973 bits per heavy atom. The molecule has 1 aliphatic heterocycles. The van der Waals surface area contributed by atoms with E-state index in [0.717, 1.165) is 11.1 Å². The van der Waals surface area contributed by atoms with Gasteiger partial charge in [-0.3, -0.25) is 4.79 Å². The molecule has 4 rings (SSSR count). The number of halogens is 5. The van der Waals surface area contributed by atoms with Gasteiger partial charge in [-0.25, -0.2) is 4.39 Å². The summed E-state index contributed by atoms with van der Waals surface area (Å²) in [4.78, 5) is 16.5. The molecule has 5 nitrogen and oxygen atoms in total. The van der Waals surface area contributed by atoms with E-state index in [1.807, 2.05) is 34.2 Å². The van der Waals surface area contributed by atoms with E-state index >= 15 is 0 Å². The molecule has 0 radical (unpaired) electrons. The summed E-state index contributed by atoms with van der Waals surface area (Å²) in [5, 5.41) is 4.44. The number of anilines is 1. The fourth-order valence-electron chi connectivity index (χ4n) is 3.78. The molecule has 0 saturated carbocycles. The molecule has 0 aromatic heterocycles. The summed E-state index contributed by atoms with van der Waals surface area (Å²) in [5.74, 6) is -0.597. The molecule has 1 amide bonds. The van der Waals surface area contributed by atoms with Crippen molar-refractivity contribution in [2.45, 2.75) is 31.2 Å². The molecule has 1 N–H and O–H groups in total. The number of rotatable bonds is 9. The van der Waals surface area contributed by atoms with Gasteiger partial charge in [-0.15, -0.1) is 0 Å². The molecule has 0 fully saturated rings. The molecule has 0 bridgehead atoms. The lowest BCUT2D eigenvalue weighted by Crippen LogP contribution is -2.42. The molecule has 1 aliphatic rings. The van der Waals surface area contributed by atoms with Crippen molar-refractivity contribution in [2.75, 3.05) is 12.0 Å². The van der Waals surface area contributed by atoms with Crippen molar-refractivity contribution < 1.29 is 13.9 Å². The monoisotopic (exact) mass is 581 g/mol. The summed E-state index contributed by atoms with van der Waals surface area (Å²) < 4.78 is 19.4. The van der Waals surface area contributed by atoms with Crippen LogP contribution in [-0.2, 0) is 16.1 Å². The van der Waals surface area contributed by atoms with Gasteiger partial charge >= 0.3 is 0 Å². The Morgan fingerprint density at radius 3 is 2.30 bits per heavy atom. The van der Waals surface area contributed by atoms with Crippen molar-refractivity contribution in [2.24, 2.45) is 0 Å². The third kappa shape index (κ3) is 7.09. The number of carbonyl (C=O) groups is 1. The van der Waals surface area contributed by atoms with Crippen molar-refractivity contribution in [1.29, 1.82) is 0 Å². The maximum Gasteiger partial charge on any atom is 0.246 e. The Labute approximate surface area is 235 Å². The SMILES string of the molecule is CC(C(=O)Nc1ccc(F)cc1)N1C=CN(C(Cl)C(OCc2ccc(Cl)cc2Cl)c2ccc(Cl)cc2)C1. The second kappa shape index (κ2) is 12.4. The van der Waals surface area contributed by atoms with Crippen LogP contribution in [0.2, 0.25) is 15.1 Å². The number of amides is 1. The number of carbonyl (C=O) groups excluding carboxylic acids is 1. The average Bonchev–Trinajstić information content (AvgIpc) is 3.37. The highest BCUT2D eigenvalue weighted by atomic mass is 35.5. The van der Waals surface area contributed by atoms with E-state index in [2.05, 4.69) is 5.32 Å². The van der Waals surface area contributed by atoms with Crippen LogP contribution in [0.15, 0.2) is 79.1 Å². The lowest BCUT2D eigenvalue weighted by atomic mass is 10.1. The lowest BCUT2D eigenvalue weighted by Gasteiger charge is -2.33. The third-order valence-corrected chi connectivity index (χ3v) is 7.28. The van der Waals surface area contributed by atoms with Crippen LogP contribution >= 0.6 is 46.4 Å². The minimum Gasteiger partial charge on any atom is -0.365 e. The highest BCUT2D eigenvalue weighted by Crippen LogP contribution is 2.33. The highest BCUT2D eigenvalue weighted by molar-refractivity contribution is 6.35. The Hall–Kier alpha value is -2.48. The van der Waals surface area contributed by atoms with Crippen LogP contribution in [0.4, 0.5) is 10.1 Å². The van der Waals surface area contributed by atoms with Gasteiger partial charge in [0.05, 0.1) is 13.3 Å². The normalized spacial score (nSPS) is 15.5. The predicted octanol–water partition coefficient (Wildman–Crippen LogP) is 7.68. The second-order valence-corrected chi connectivity index (χ2v) is 10.3. The molecule has 0 aliphatic carbocycles. The minimum atomic E-state index is -0.610. The molecule has 3 aromatic carbocycles. The summed E-state index contributed by atoms with van der Waals surface area (Å²) >= 11 is 25.4. The van der Waals surface area contributed by atoms with E-state index < -0.39 is 17.6 Å². The van der Waals surface area contributed by atoms with Gasteiger partial charge in [0.1, 0.15) is 23.5 Å². The number of hydrogen-bond acceptors (Lipinski definition) is 4. The molecule has 10 heteroatoms. The number of hydrogen-bond donors (Lipinski definition) is 1. The largest absolute Gasteiger partial charge is 0.365 e. The number of nitrogens with zero attached hydrogens (tertiary/aromatic N) is 2. The zero-order chi connectivity index (χ0) is 26.5.